The third-order valence-electron chi connectivity index (χ3n) is 6.78. The first-order valence-electron chi connectivity index (χ1n) is 11.0. The van der Waals surface area contributed by atoms with Gasteiger partial charge in [-0.3, -0.25) is 0 Å². The van der Waals surface area contributed by atoms with Gasteiger partial charge in [-0.1, -0.05) is 68.3 Å². The molecule has 0 aromatic heterocycles. The Kier molecular flexibility index (Phi) is 5.35. The molecule has 2 fully saturated rings. The van der Waals surface area contributed by atoms with E-state index in [2.05, 4.69) is 6.92 Å². The topological polar surface area (TPSA) is 12.5 Å². The molecule has 1 aliphatic heterocycles. The monoisotopic (exact) mass is 422 g/mol. The molecular formula is C27H25F3O. The highest BCUT2D eigenvalue weighted by Crippen LogP contribution is 2.38. The van der Waals surface area contributed by atoms with Crippen LogP contribution in [0, 0.1) is 23.4 Å². The van der Waals surface area contributed by atoms with Gasteiger partial charge in [-0.05, 0) is 47.4 Å². The maximum absolute atomic E-state index is 14.9. The Morgan fingerprint density at radius 1 is 0.742 bits per heavy atom. The summed E-state index contributed by atoms with van der Waals surface area (Å²) in [6, 6.07) is 15.6. The van der Waals surface area contributed by atoms with Gasteiger partial charge in [-0.25, -0.2) is 13.2 Å². The van der Waals surface area contributed by atoms with Gasteiger partial charge in [0.15, 0.2) is 11.6 Å². The van der Waals surface area contributed by atoms with Crippen LogP contribution in [0.3, 0.4) is 0 Å². The van der Waals surface area contributed by atoms with Crippen LogP contribution in [0.5, 0.6) is 0 Å². The fourth-order valence-electron chi connectivity index (χ4n) is 4.71. The number of hydrogen-bond acceptors (Lipinski definition) is 1. The second kappa shape index (κ2) is 8.16. The van der Waals surface area contributed by atoms with E-state index in [9.17, 15) is 13.2 Å². The Bertz CT molecular complexity index is 1090. The van der Waals surface area contributed by atoms with E-state index in [-0.39, 0.29) is 23.0 Å². The summed E-state index contributed by atoms with van der Waals surface area (Å²) in [5.41, 5.74) is 3.31. The zero-order valence-corrected chi connectivity index (χ0v) is 17.5. The molecule has 0 amide bonds. The van der Waals surface area contributed by atoms with E-state index in [1.807, 2.05) is 12.1 Å². The molecule has 31 heavy (non-hydrogen) atoms. The summed E-state index contributed by atoms with van der Waals surface area (Å²) >= 11 is 0. The molecule has 1 saturated carbocycles. The molecular weight excluding hydrogens is 397 g/mol. The maximum Gasteiger partial charge on any atom is 0.167 e. The number of epoxide rings is 1. The largest absolute Gasteiger partial charge is 0.368 e. The number of hydrogen-bond donors (Lipinski definition) is 0. The van der Waals surface area contributed by atoms with E-state index in [4.69, 9.17) is 4.74 Å². The van der Waals surface area contributed by atoms with Crippen LogP contribution in [0.25, 0.3) is 22.3 Å². The molecule has 5 rings (SSSR count). The second-order valence-electron chi connectivity index (χ2n) is 8.93. The molecule has 0 bridgehead atoms. The minimum atomic E-state index is -0.877. The number of benzene rings is 3. The van der Waals surface area contributed by atoms with Gasteiger partial charge < -0.3 is 4.74 Å². The molecule has 0 radical (unpaired) electrons. The van der Waals surface area contributed by atoms with Crippen molar-refractivity contribution < 1.29 is 17.9 Å². The Morgan fingerprint density at radius 2 is 1.35 bits per heavy atom. The third kappa shape index (κ3) is 4.01. The Hall–Kier alpha value is -2.59. The predicted octanol–water partition coefficient (Wildman–Crippen LogP) is 7.80. The summed E-state index contributed by atoms with van der Waals surface area (Å²) in [6.45, 7) is 2.70. The standard InChI is InChI=1S/C27H25F3O/c1-16-2-4-17(5-3-16)20-10-11-21(24(28)14-20)18-6-8-19(9-7-18)22-12-13-23(25-15-31-25)27(30)26(22)29/h6-14,16-17,25H,2-5,15H2,1H3. The molecule has 1 saturated heterocycles. The van der Waals surface area contributed by atoms with Crippen LogP contribution in [0.4, 0.5) is 13.2 Å². The molecule has 3 aromatic rings. The van der Waals surface area contributed by atoms with Gasteiger partial charge in [0.1, 0.15) is 11.9 Å². The van der Waals surface area contributed by atoms with Crippen LogP contribution < -0.4 is 0 Å². The quantitative estimate of drug-likeness (QED) is 0.391. The maximum atomic E-state index is 14.9. The van der Waals surface area contributed by atoms with Crippen molar-refractivity contribution in [3.05, 3.63) is 83.2 Å². The number of halogens is 3. The minimum Gasteiger partial charge on any atom is -0.368 e. The molecule has 1 heterocycles. The van der Waals surface area contributed by atoms with Crippen molar-refractivity contribution in [1.82, 2.24) is 0 Å². The van der Waals surface area contributed by atoms with Crippen LogP contribution in [0.15, 0.2) is 54.6 Å². The first-order chi connectivity index (χ1) is 15.0. The highest BCUT2D eigenvalue weighted by atomic mass is 19.2. The molecule has 160 valence electrons. The molecule has 2 aliphatic rings. The van der Waals surface area contributed by atoms with E-state index in [1.54, 1.807) is 42.5 Å². The molecule has 0 N–H and O–H groups in total. The molecule has 1 unspecified atom stereocenters. The fraction of sp³-hybridized carbons (Fsp3) is 0.333. The normalized spacial score (nSPS) is 23.0. The minimum absolute atomic E-state index is 0.191. The molecule has 1 atom stereocenters. The summed E-state index contributed by atoms with van der Waals surface area (Å²) in [6.07, 6.45) is 4.28. The van der Waals surface area contributed by atoms with Gasteiger partial charge in [0.2, 0.25) is 0 Å². The highest BCUT2D eigenvalue weighted by molar-refractivity contribution is 5.71. The summed E-state index contributed by atoms with van der Waals surface area (Å²) in [7, 11) is 0. The Morgan fingerprint density at radius 3 is 1.97 bits per heavy atom. The summed E-state index contributed by atoms with van der Waals surface area (Å²) in [5, 5.41) is 0. The summed E-state index contributed by atoms with van der Waals surface area (Å²) < 4.78 is 48.9. The lowest BCUT2D eigenvalue weighted by Crippen LogP contribution is -2.11. The van der Waals surface area contributed by atoms with Gasteiger partial charge in [-0.15, -0.1) is 0 Å². The van der Waals surface area contributed by atoms with Gasteiger partial charge in [0.05, 0.1) is 6.61 Å². The molecule has 3 aromatic carbocycles. The Labute approximate surface area is 180 Å². The van der Waals surface area contributed by atoms with Gasteiger partial charge >= 0.3 is 0 Å². The third-order valence-corrected chi connectivity index (χ3v) is 6.78. The lowest BCUT2D eigenvalue weighted by molar-refractivity contribution is 0.347. The van der Waals surface area contributed by atoms with Crippen molar-refractivity contribution in [3.8, 4) is 22.3 Å². The van der Waals surface area contributed by atoms with Gasteiger partial charge in [0.25, 0.3) is 0 Å². The molecule has 0 spiro atoms. The van der Waals surface area contributed by atoms with Crippen molar-refractivity contribution >= 4 is 0 Å². The van der Waals surface area contributed by atoms with Crippen LogP contribution in [0.2, 0.25) is 0 Å². The van der Waals surface area contributed by atoms with E-state index >= 15 is 0 Å². The molecule has 4 heteroatoms. The van der Waals surface area contributed by atoms with Crippen LogP contribution >= 0.6 is 0 Å². The number of rotatable bonds is 4. The van der Waals surface area contributed by atoms with Crippen LogP contribution in [-0.4, -0.2) is 6.61 Å². The van der Waals surface area contributed by atoms with Crippen molar-refractivity contribution in [1.29, 1.82) is 0 Å². The van der Waals surface area contributed by atoms with Crippen molar-refractivity contribution in [2.75, 3.05) is 6.61 Å². The predicted molar refractivity (Wildman–Crippen MR) is 116 cm³/mol. The SMILES string of the molecule is CC1CCC(c2ccc(-c3ccc(-c4ccc(C5CO5)c(F)c4F)cc3)c(F)c2)CC1. The first kappa shape index (κ1) is 20.3. The smallest absolute Gasteiger partial charge is 0.167 e. The highest BCUT2D eigenvalue weighted by Gasteiger charge is 2.30. The summed E-state index contributed by atoms with van der Waals surface area (Å²) in [4.78, 5) is 0. The number of ether oxygens (including phenoxy) is 1. The van der Waals surface area contributed by atoms with Crippen LogP contribution in [0.1, 0.15) is 55.8 Å². The fourth-order valence-corrected chi connectivity index (χ4v) is 4.71. The van der Waals surface area contributed by atoms with Gasteiger partial charge in [-0.2, -0.15) is 0 Å². The van der Waals surface area contributed by atoms with Crippen LogP contribution in [-0.2, 0) is 4.74 Å². The zero-order chi connectivity index (χ0) is 21.5. The van der Waals surface area contributed by atoms with E-state index < -0.39 is 11.6 Å². The lowest BCUT2D eigenvalue weighted by atomic mass is 9.79. The lowest BCUT2D eigenvalue weighted by Gasteiger charge is -2.26. The molecule has 1 aliphatic carbocycles. The average Bonchev–Trinajstić information content (AvgIpc) is 3.62. The van der Waals surface area contributed by atoms with Crippen molar-refractivity contribution in [3.63, 3.8) is 0 Å². The van der Waals surface area contributed by atoms with Crippen molar-refractivity contribution in [2.45, 2.75) is 44.6 Å². The second-order valence-corrected chi connectivity index (χ2v) is 8.93. The van der Waals surface area contributed by atoms with E-state index in [1.165, 1.54) is 12.8 Å². The Balaban J connectivity index is 1.38. The average molecular weight is 422 g/mol. The van der Waals surface area contributed by atoms with Crippen molar-refractivity contribution in [2.24, 2.45) is 5.92 Å². The molecule has 1 nitrogen and oxygen atoms in total. The summed E-state index contributed by atoms with van der Waals surface area (Å²) in [5.74, 6) is -0.782. The zero-order valence-electron chi connectivity index (χ0n) is 17.5. The van der Waals surface area contributed by atoms with E-state index in [0.29, 0.717) is 29.2 Å². The van der Waals surface area contributed by atoms with E-state index in [0.717, 1.165) is 24.3 Å². The van der Waals surface area contributed by atoms with Gasteiger partial charge in [0, 0.05) is 16.7 Å². The first-order valence-corrected chi connectivity index (χ1v) is 11.0.